The number of carbonyl (C=O) groups is 1. The molecule has 2 aliphatic rings. The highest BCUT2D eigenvalue weighted by Crippen LogP contribution is 2.35. The molecule has 3 aromatic heterocycles. The number of anilines is 3. The Morgan fingerprint density at radius 3 is 2.82 bits per heavy atom. The van der Waals surface area contributed by atoms with Crippen molar-refractivity contribution in [1.29, 1.82) is 0 Å². The lowest BCUT2D eigenvalue weighted by molar-refractivity contribution is 0.0977. The highest BCUT2D eigenvalue weighted by Gasteiger charge is 2.27. The lowest BCUT2D eigenvalue weighted by Crippen LogP contribution is -2.07. The molecule has 2 saturated carbocycles. The molecule has 0 saturated heterocycles. The topological polar surface area (TPSA) is 84.2 Å². The van der Waals surface area contributed by atoms with E-state index < -0.39 is 0 Å². The second kappa shape index (κ2) is 6.89. The lowest BCUT2D eigenvalue weighted by atomic mass is 10.1. The van der Waals surface area contributed by atoms with Crippen LogP contribution in [0.5, 0.6) is 0 Å². The van der Waals surface area contributed by atoms with Crippen LogP contribution in [-0.2, 0) is 6.42 Å². The van der Waals surface area contributed by atoms with Gasteiger partial charge in [-0.05, 0) is 56.1 Å². The van der Waals surface area contributed by atoms with Crippen LogP contribution >= 0.6 is 0 Å². The quantitative estimate of drug-likeness (QED) is 0.581. The number of Topliss-reactive ketones (excluding diaryl/α,β-unsaturated/α-hetero) is 1. The first-order valence-electron chi connectivity index (χ1n) is 10.0. The summed E-state index contributed by atoms with van der Waals surface area (Å²) in [6.07, 6.45) is 9.92. The van der Waals surface area contributed by atoms with Gasteiger partial charge in [0.1, 0.15) is 11.6 Å². The molecule has 0 aromatic carbocycles. The van der Waals surface area contributed by atoms with Gasteiger partial charge in [-0.25, -0.2) is 4.98 Å². The molecule has 2 fully saturated rings. The molecule has 0 radical (unpaired) electrons. The van der Waals surface area contributed by atoms with Gasteiger partial charge in [0.05, 0.1) is 23.1 Å². The third kappa shape index (κ3) is 3.44. The van der Waals surface area contributed by atoms with Crippen molar-refractivity contribution in [3.8, 4) is 0 Å². The number of nitrogens with zero attached hydrogens (tertiary/aromatic N) is 4. The summed E-state index contributed by atoms with van der Waals surface area (Å²) >= 11 is 0. The van der Waals surface area contributed by atoms with E-state index in [4.69, 9.17) is 4.98 Å². The zero-order valence-corrected chi connectivity index (χ0v) is 16.0. The Balaban J connectivity index is 1.50. The highest BCUT2D eigenvalue weighted by molar-refractivity contribution is 6.01. The van der Waals surface area contributed by atoms with Gasteiger partial charge in [-0.1, -0.05) is 0 Å². The monoisotopic (exact) mass is 376 g/mol. The number of aromatic nitrogens is 4. The van der Waals surface area contributed by atoms with Crippen LogP contribution in [0.3, 0.4) is 0 Å². The molecule has 144 valence electrons. The molecule has 0 amide bonds. The molecule has 28 heavy (non-hydrogen) atoms. The van der Waals surface area contributed by atoms with E-state index in [1.807, 2.05) is 31.4 Å². The molecule has 7 nitrogen and oxygen atoms in total. The Morgan fingerprint density at radius 2 is 2.07 bits per heavy atom. The van der Waals surface area contributed by atoms with Crippen molar-refractivity contribution in [1.82, 2.24) is 19.6 Å². The number of fused-ring (bicyclic) bond motifs is 1. The molecule has 0 atom stereocenters. The van der Waals surface area contributed by atoms with Crippen LogP contribution in [0.2, 0.25) is 0 Å². The fraction of sp³-hybridized carbons (Fsp3) is 0.429. The minimum absolute atomic E-state index is 0.125. The van der Waals surface area contributed by atoms with Crippen LogP contribution in [0.4, 0.5) is 17.3 Å². The molecule has 3 aromatic rings. The maximum Gasteiger partial charge on any atom is 0.170 e. The summed E-state index contributed by atoms with van der Waals surface area (Å²) in [5.41, 5.74) is 3.22. The average Bonchev–Trinajstić information content (AvgIpc) is 3.63. The zero-order valence-electron chi connectivity index (χ0n) is 16.0. The normalized spacial score (nSPS) is 16.3. The second-order valence-electron chi connectivity index (χ2n) is 7.91. The van der Waals surface area contributed by atoms with Crippen molar-refractivity contribution in [3.05, 3.63) is 41.9 Å². The number of hydrogen-bond donors (Lipinski definition) is 2. The molecule has 2 aliphatic carbocycles. The maximum atomic E-state index is 12.7. The van der Waals surface area contributed by atoms with Crippen LogP contribution in [0.1, 0.15) is 48.2 Å². The van der Waals surface area contributed by atoms with E-state index in [1.165, 1.54) is 12.8 Å². The summed E-state index contributed by atoms with van der Waals surface area (Å²) in [7, 11) is 1.84. The summed E-state index contributed by atoms with van der Waals surface area (Å²) in [6.45, 7) is 0. The molecule has 3 heterocycles. The van der Waals surface area contributed by atoms with Crippen LogP contribution in [0, 0.1) is 11.8 Å². The number of carbonyl (C=O) groups excluding carboxylic acids is 1. The average molecular weight is 376 g/mol. The minimum Gasteiger partial charge on any atom is -0.373 e. The van der Waals surface area contributed by atoms with Gasteiger partial charge in [0.2, 0.25) is 0 Å². The maximum absolute atomic E-state index is 12.7. The summed E-state index contributed by atoms with van der Waals surface area (Å²) in [5, 5.41) is 10.9. The molecular weight excluding hydrogens is 352 g/mol. The van der Waals surface area contributed by atoms with E-state index >= 15 is 0 Å². The largest absolute Gasteiger partial charge is 0.373 e. The van der Waals surface area contributed by atoms with Crippen molar-refractivity contribution in [2.24, 2.45) is 11.8 Å². The number of ketones is 1. The van der Waals surface area contributed by atoms with Crippen molar-refractivity contribution in [3.63, 3.8) is 0 Å². The van der Waals surface area contributed by atoms with Crippen LogP contribution < -0.4 is 10.6 Å². The van der Waals surface area contributed by atoms with E-state index in [0.29, 0.717) is 29.4 Å². The van der Waals surface area contributed by atoms with E-state index in [1.54, 1.807) is 10.7 Å². The number of nitrogens with one attached hydrogen (secondary N) is 2. The molecule has 2 N–H and O–H groups in total. The van der Waals surface area contributed by atoms with Crippen molar-refractivity contribution in [2.45, 2.75) is 38.5 Å². The van der Waals surface area contributed by atoms with Gasteiger partial charge in [-0.3, -0.25) is 9.78 Å². The first-order valence-corrected chi connectivity index (χ1v) is 10.0. The van der Waals surface area contributed by atoms with Crippen molar-refractivity contribution < 1.29 is 4.79 Å². The molecular formula is C21H24N6O. The number of pyridine rings is 1. The van der Waals surface area contributed by atoms with Crippen molar-refractivity contribution >= 4 is 28.8 Å². The Hall–Kier alpha value is -2.96. The molecule has 0 bridgehead atoms. The number of hydrogen-bond acceptors (Lipinski definition) is 6. The van der Waals surface area contributed by atoms with E-state index in [9.17, 15) is 4.79 Å². The molecule has 0 spiro atoms. The van der Waals surface area contributed by atoms with E-state index in [-0.39, 0.29) is 5.78 Å². The van der Waals surface area contributed by atoms with Crippen LogP contribution in [0.15, 0.2) is 30.6 Å². The Kier molecular flexibility index (Phi) is 4.22. The summed E-state index contributed by atoms with van der Waals surface area (Å²) in [5.74, 6) is 2.88. The van der Waals surface area contributed by atoms with E-state index in [0.717, 1.165) is 42.4 Å². The molecule has 7 heteroatoms. The fourth-order valence-corrected chi connectivity index (χ4v) is 3.54. The Morgan fingerprint density at radius 1 is 1.25 bits per heavy atom. The van der Waals surface area contributed by atoms with Gasteiger partial charge in [-0.2, -0.15) is 9.61 Å². The molecule has 0 unspecified atom stereocenters. The first-order chi connectivity index (χ1) is 13.7. The lowest BCUT2D eigenvalue weighted by Gasteiger charge is -2.12. The first kappa shape index (κ1) is 17.2. The zero-order chi connectivity index (χ0) is 19.1. The van der Waals surface area contributed by atoms with Crippen LogP contribution in [-0.4, -0.2) is 32.4 Å². The third-order valence-corrected chi connectivity index (χ3v) is 5.53. The van der Waals surface area contributed by atoms with Gasteiger partial charge >= 0.3 is 0 Å². The second-order valence-corrected chi connectivity index (χ2v) is 7.91. The highest BCUT2D eigenvalue weighted by atomic mass is 16.1. The third-order valence-electron chi connectivity index (χ3n) is 5.53. The predicted octanol–water partition coefficient (Wildman–Crippen LogP) is 3.84. The standard InChI is InChI=1S/C21H24N6O/c1-22-20-11-19(25-16-3-2-8-23-17(16)9-13-4-5-13)26-21-15(12-24-27(20)21)18(28)10-14-6-7-14/h2-3,8,11-14,22H,4-7,9-10H2,1H3,(H,25,26). The SMILES string of the molecule is CNc1cc(Nc2cccnc2CC2CC2)nc2c(C(=O)CC3CC3)cnn12. The summed E-state index contributed by atoms with van der Waals surface area (Å²) in [6, 6.07) is 5.87. The minimum atomic E-state index is 0.125. The van der Waals surface area contributed by atoms with Gasteiger partial charge in [-0.15, -0.1) is 0 Å². The smallest absolute Gasteiger partial charge is 0.170 e. The number of rotatable bonds is 8. The molecule has 5 rings (SSSR count). The summed E-state index contributed by atoms with van der Waals surface area (Å²) < 4.78 is 1.69. The van der Waals surface area contributed by atoms with E-state index in [2.05, 4.69) is 20.7 Å². The fourth-order valence-electron chi connectivity index (χ4n) is 3.54. The summed E-state index contributed by atoms with van der Waals surface area (Å²) in [4.78, 5) is 22.0. The van der Waals surface area contributed by atoms with Gasteiger partial charge in [0, 0.05) is 25.7 Å². The van der Waals surface area contributed by atoms with Gasteiger partial charge in [0.25, 0.3) is 0 Å². The van der Waals surface area contributed by atoms with Crippen molar-refractivity contribution in [2.75, 3.05) is 17.7 Å². The van der Waals surface area contributed by atoms with Crippen LogP contribution in [0.25, 0.3) is 5.65 Å². The Labute approximate surface area is 163 Å². The van der Waals surface area contributed by atoms with Gasteiger partial charge < -0.3 is 10.6 Å². The van der Waals surface area contributed by atoms with Gasteiger partial charge in [0.15, 0.2) is 11.4 Å². The molecule has 0 aliphatic heterocycles. The Bertz CT molecular complexity index is 1030. The predicted molar refractivity (Wildman–Crippen MR) is 108 cm³/mol.